The van der Waals surface area contributed by atoms with E-state index in [0.717, 1.165) is 12.0 Å². The lowest BCUT2D eigenvalue weighted by molar-refractivity contribution is -0.122. The number of nitrogens with one attached hydrogen (secondary N) is 2. The summed E-state index contributed by atoms with van der Waals surface area (Å²) in [4.78, 5) is 22.7. The minimum absolute atomic E-state index is 0.0408. The first-order valence-corrected chi connectivity index (χ1v) is 6.04. The summed E-state index contributed by atoms with van der Waals surface area (Å²) in [6.07, 6.45) is 0.888. The summed E-state index contributed by atoms with van der Waals surface area (Å²) in [7, 11) is 0. The van der Waals surface area contributed by atoms with Crippen molar-refractivity contribution in [2.45, 2.75) is 31.9 Å². The normalized spacial score (nSPS) is 26.1. The monoisotopic (exact) mass is 246 g/mol. The van der Waals surface area contributed by atoms with Gasteiger partial charge in [-0.25, -0.2) is 0 Å². The Morgan fingerprint density at radius 3 is 2.89 bits per heavy atom. The lowest BCUT2D eigenvalue weighted by Gasteiger charge is -2.24. The predicted octanol–water partition coefficient (Wildman–Crippen LogP) is 1.36. The molecule has 2 aliphatic heterocycles. The molecule has 2 heterocycles. The molecule has 0 saturated carbocycles. The second kappa shape index (κ2) is 4.01. The van der Waals surface area contributed by atoms with Gasteiger partial charge in [-0.2, -0.15) is 0 Å². The molecule has 5 heteroatoms. The number of amides is 2. The van der Waals surface area contributed by atoms with E-state index in [0.29, 0.717) is 17.9 Å². The van der Waals surface area contributed by atoms with Gasteiger partial charge < -0.3 is 15.4 Å². The number of ether oxygens (including phenoxy) is 1. The largest absolute Gasteiger partial charge is 0.479 e. The molecule has 2 aliphatic rings. The summed E-state index contributed by atoms with van der Waals surface area (Å²) >= 11 is 0. The van der Waals surface area contributed by atoms with Crippen LogP contribution in [0.5, 0.6) is 5.75 Å². The van der Waals surface area contributed by atoms with Crippen LogP contribution in [0.3, 0.4) is 0 Å². The third-order valence-electron chi connectivity index (χ3n) is 3.33. The van der Waals surface area contributed by atoms with Crippen molar-refractivity contribution in [3.05, 3.63) is 23.8 Å². The number of fused-ring (bicyclic) bond motifs is 1. The quantitative estimate of drug-likeness (QED) is 0.786. The van der Waals surface area contributed by atoms with Gasteiger partial charge in [-0.1, -0.05) is 6.07 Å². The van der Waals surface area contributed by atoms with Gasteiger partial charge in [0.05, 0.1) is 11.7 Å². The van der Waals surface area contributed by atoms with Gasteiger partial charge in [0.2, 0.25) is 5.91 Å². The molecule has 5 nitrogen and oxygen atoms in total. The molecule has 94 valence electrons. The minimum Gasteiger partial charge on any atom is -0.479 e. The number of carbonyl (C=O) groups excluding carboxylic acids is 2. The summed E-state index contributed by atoms with van der Waals surface area (Å²) in [6.45, 7) is 1.71. The van der Waals surface area contributed by atoms with E-state index in [1.165, 1.54) is 0 Å². The SMILES string of the molecule is CC1Oc2ccc(C3CCC(=O)N3)cc2NC1=O. The van der Waals surface area contributed by atoms with E-state index in [1.54, 1.807) is 6.92 Å². The van der Waals surface area contributed by atoms with Crippen LogP contribution in [0.25, 0.3) is 0 Å². The van der Waals surface area contributed by atoms with Gasteiger partial charge >= 0.3 is 0 Å². The van der Waals surface area contributed by atoms with Crippen molar-refractivity contribution in [1.29, 1.82) is 0 Å². The smallest absolute Gasteiger partial charge is 0.265 e. The van der Waals surface area contributed by atoms with Crippen molar-refractivity contribution in [3.63, 3.8) is 0 Å². The van der Waals surface area contributed by atoms with Gasteiger partial charge in [0, 0.05) is 6.42 Å². The predicted molar refractivity (Wildman–Crippen MR) is 65.3 cm³/mol. The van der Waals surface area contributed by atoms with Gasteiger partial charge in [-0.05, 0) is 31.0 Å². The molecule has 0 radical (unpaired) electrons. The molecule has 2 N–H and O–H groups in total. The molecule has 1 saturated heterocycles. The lowest BCUT2D eigenvalue weighted by Crippen LogP contribution is -2.34. The number of carbonyl (C=O) groups is 2. The maximum absolute atomic E-state index is 11.5. The molecule has 1 aromatic carbocycles. The zero-order valence-electron chi connectivity index (χ0n) is 10.0. The Labute approximate surface area is 105 Å². The zero-order valence-corrected chi connectivity index (χ0v) is 10.0. The van der Waals surface area contributed by atoms with Crippen LogP contribution < -0.4 is 15.4 Å². The molecule has 2 atom stereocenters. The van der Waals surface area contributed by atoms with Gasteiger partial charge in [-0.15, -0.1) is 0 Å². The molecule has 0 bridgehead atoms. The first kappa shape index (κ1) is 11.1. The summed E-state index contributed by atoms with van der Waals surface area (Å²) in [5.41, 5.74) is 1.68. The van der Waals surface area contributed by atoms with Crippen LogP contribution >= 0.6 is 0 Å². The number of anilines is 1. The Morgan fingerprint density at radius 2 is 2.17 bits per heavy atom. The molecular weight excluding hydrogens is 232 g/mol. The second-order valence-corrected chi connectivity index (χ2v) is 4.66. The highest BCUT2D eigenvalue weighted by Crippen LogP contribution is 2.34. The molecule has 3 rings (SSSR count). The van der Waals surface area contributed by atoms with Gasteiger partial charge in [0.1, 0.15) is 5.75 Å². The third-order valence-corrected chi connectivity index (χ3v) is 3.33. The fourth-order valence-corrected chi connectivity index (χ4v) is 2.31. The number of benzene rings is 1. The number of rotatable bonds is 1. The van der Waals surface area contributed by atoms with Crippen molar-refractivity contribution in [2.24, 2.45) is 0 Å². The molecule has 0 spiro atoms. The Hall–Kier alpha value is -2.04. The van der Waals surface area contributed by atoms with Gasteiger partial charge in [-0.3, -0.25) is 9.59 Å². The van der Waals surface area contributed by atoms with Crippen LogP contribution in [-0.2, 0) is 9.59 Å². The summed E-state index contributed by atoms with van der Waals surface area (Å²) in [5, 5.41) is 5.71. The van der Waals surface area contributed by atoms with Crippen LogP contribution in [0.15, 0.2) is 18.2 Å². The standard InChI is InChI=1S/C13H14N2O3/c1-7-13(17)15-10-6-8(2-4-11(10)18-7)9-3-5-12(16)14-9/h2,4,6-7,9H,3,5H2,1H3,(H,14,16)(H,15,17). The maximum atomic E-state index is 11.5. The third kappa shape index (κ3) is 1.81. The van der Waals surface area contributed by atoms with Crippen molar-refractivity contribution in [1.82, 2.24) is 5.32 Å². The van der Waals surface area contributed by atoms with Crippen LogP contribution in [0, 0.1) is 0 Å². The first-order chi connectivity index (χ1) is 8.63. The van der Waals surface area contributed by atoms with Crippen molar-refractivity contribution >= 4 is 17.5 Å². The molecule has 2 unspecified atom stereocenters. The van der Waals surface area contributed by atoms with Crippen molar-refractivity contribution in [3.8, 4) is 5.75 Å². The summed E-state index contributed by atoms with van der Waals surface area (Å²) in [6, 6.07) is 5.68. The molecule has 18 heavy (non-hydrogen) atoms. The summed E-state index contributed by atoms with van der Waals surface area (Å²) < 4.78 is 5.48. The number of hydrogen-bond donors (Lipinski definition) is 2. The van der Waals surface area contributed by atoms with E-state index < -0.39 is 6.10 Å². The topological polar surface area (TPSA) is 67.4 Å². The van der Waals surface area contributed by atoms with Crippen LogP contribution in [0.1, 0.15) is 31.4 Å². The maximum Gasteiger partial charge on any atom is 0.265 e. The van der Waals surface area contributed by atoms with E-state index in [9.17, 15) is 9.59 Å². The fourth-order valence-electron chi connectivity index (χ4n) is 2.31. The van der Waals surface area contributed by atoms with E-state index in [2.05, 4.69) is 10.6 Å². The highest BCUT2D eigenvalue weighted by molar-refractivity contribution is 5.97. The lowest BCUT2D eigenvalue weighted by atomic mass is 10.0. The van der Waals surface area contributed by atoms with Crippen LogP contribution in [0.4, 0.5) is 5.69 Å². The van der Waals surface area contributed by atoms with Crippen LogP contribution in [0.2, 0.25) is 0 Å². The molecule has 1 aromatic rings. The van der Waals surface area contributed by atoms with E-state index >= 15 is 0 Å². The zero-order chi connectivity index (χ0) is 12.7. The molecule has 1 fully saturated rings. The first-order valence-electron chi connectivity index (χ1n) is 6.04. The van der Waals surface area contributed by atoms with E-state index in [1.807, 2.05) is 18.2 Å². The second-order valence-electron chi connectivity index (χ2n) is 4.66. The minimum atomic E-state index is -0.463. The van der Waals surface area contributed by atoms with Crippen LogP contribution in [-0.4, -0.2) is 17.9 Å². The van der Waals surface area contributed by atoms with E-state index in [4.69, 9.17) is 4.74 Å². The number of hydrogen-bond acceptors (Lipinski definition) is 3. The Kier molecular flexibility index (Phi) is 2.47. The average molecular weight is 246 g/mol. The average Bonchev–Trinajstić information content (AvgIpc) is 2.77. The molecule has 0 aromatic heterocycles. The Bertz CT molecular complexity index is 527. The van der Waals surface area contributed by atoms with Gasteiger partial charge in [0.25, 0.3) is 5.91 Å². The Morgan fingerprint density at radius 1 is 1.33 bits per heavy atom. The Balaban J connectivity index is 1.89. The fraction of sp³-hybridized carbons (Fsp3) is 0.385. The molecule has 0 aliphatic carbocycles. The highest BCUT2D eigenvalue weighted by atomic mass is 16.5. The van der Waals surface area contributed by atoms with E-state index in [-0.39, 0.29) is 17.9 Å². The summed E-state index contributed by atoms with van der Waals surface area (Å²) in [5.74, 6) is 0.608. The molecular formula is C13H14N2O3. The highest BCUT2D eigenvalue weighted by Gasteiger charge is 2.26. The van der Waals surface area contributed by atoms with Crippen molar-refractivity contribution in [2.75, 3.05) is 5.32 Å². The van der Waals surface area contributed by atoms with Crippen molar-refractivity contribution < 1.29 is 14.3 Å². The van der Waals surface area contributed by atoms with Gasteiger partial charge in [0.15, 0.2) is 6.10 Å². The molecule has 2 amide bonds.